The molecule has 1 aromatic carbocycles. The van der Waals surface area contributed by atoms with Crippen LogP contribution in [0.25, 0.3) is 6.08 Å². The van der Waals surface area contributed by atoms with Crippen LogP contribution in [0.1, 0.15) is 12.5 Å². The molecular formula is C13H10N2O2S. The average Bonchev–Trinajstić information content (AvgIpc) is 2.73. The summed E-state index contributed by atoms with van der Waals surface area (Å²) in [7, 11) is -1.15. The number of anilines is 1. The van der Waals surface area contributed by atoms with Gasteiger partial charge in [0.1, 0.15) is 11.6 Å². The van der Waals surface area contributed by atoms with Crippen molar-refractivity contribution in [1.82, 2.24) is 0 Å². The fourth-order valence-corrected chi connectivity index (χ4v) is 2.61. The van der Waals surface area contributed by atoms with Gasteiger partial charge in [0.25, 0.3) is 5.91 Å². The molecule has 4 nitrogen and oxygen atoms in total. The molecule has 2 rings (SSSR count). The van der Waals surface area contributed by atoms with E-state index in [1.165, 1.54) is 6.08 Å². The van der Waals surface area contributed by atoms with E-state index in [0.29, 0.717) is 10.6 Å². The topological polar surface area (TPSA) is 70.0 Å². The number of allylic oxidation sites excluding steroid dienone is 1. The normalized spacial score (nSPS) is 17.1. The number of carbonyl (C=O) groups is 1. The minimum atomic E-state index is -1.15. The summed E-state index contributed by atoms with van der Waals surface area (Å²) in [6.07, 6.45) is 3.23. The van der Waals surface area contributed by atoms with Crippen LogP contribution in [0.3, 0.4) is 0 Å². The maximum absolute atomic E-state index is 11.7. The molecule has 1 aliphatic heterocycles. The van der Waals surface area contributed by atoms with E-state index >= 15 is 0 Å². The van der Waals surface area contributed by atoms with Crippen molar-refractivity contribution in [3.63, 3.8) is 0 Å². The zero-order valence-electron chi connectivity index (χ0n) is 9.64. The van der Waals surface area contributed by atoms with Gasteiger partial charge in [-0.2, -0.15) is 5.26 Å². The van der Waals surface area contributed by atoms with Crippen molar-refractivity contribution in [2.45, 2.75) is 11.8 Å². The first-order chi connectivity index (χ1) is 8.65. The summed E-state index contributed by atoms with van der Waals surface area (Å²) in [5, 5.41) is 12.9. The molecule has 1 atom stereocenters. The van der Waals surface area contributed by atoms with Crippen molar-refractivity contribution >= 4 is 28.5 Å². The summed E-state index contributed by atoms with van der Waals surface area (Å²) < 4.78 is 11.6. The molecule has 5 heteroatoms. The summed E-state index contributed by atoms with van der Waals surface area (Å²) in [6, 6.07) is 6.97. The molecule has 0 radical (unpaired) electrons. The van der Waals surface area contributed by atoms with Crippen molar-refractivity contribution in [3.05, 3.63) is 40.8 Å². The number of amides is 1. The van der Waals surface area contributed by atoms with E-state index in [9.17, 15) is 9.00 Å². The molecule has 1 aromatic rings. The number of hydrogen-bond acceptors (Lipinski definition) is 3. The standard InChI is InChI=1S/C13H10N2O2S/c1-2-9(8-14)13(16)15-11-4-3-10-5-6-18(17)12(10)7-11/h2-7H,1H3,(H,15,16)/b9-2+. The predicted molar refractivity (Wildman–Crippen MR) is 69.9 cm³/mol. The summed E-state index contributed by atoms with van der Waals surface area (Å²) >= 11 is 0. The molecule has 0 bridgehead atoms. The molecule has 0 fully saturated rings. The van der Waals surface area contributed by atoms with Gasteiger partial charge < -0.3 is 5.32 Å². The second-order valence-corrected chi connectivity index (χ2v) is 4.93. The fraction of sp³-hybridized carbons (Fsp3) is 0.0769. The molecule has 0 aliphatic carbocycles. The van der Waals surface area contributed by atoms with Gasteiger partial charge in [-0.15, -0.1) is 0 Å². The Hall–Kier alpha value is -2.19. The van der Waals surface area contributed by atoms with Gasteiger partial charge >= 0.3 is 0 Å². The molecule has 1 aliphatic rings. The molecule has 0 aromatic heterocycles. The Morgan fingerprint density at radius 3 is 2.94 bits per heavy atom. The Morgan fingerprint density at radius 2 is 2.28 bits per heavy atom. The highest BCUT2D eigenvalue weighted by Gasteiger charge is 2.14. The van der Waals surface area contributed by atoms with Crippen molar-refractivity contribution in [2.75, 3.05) is 5.32 Å². The lowest BCUT2D eigenvalue weighted by molar-refractivity contribution is -0.112. The number of benzene rings is 1. The Kier molecular flexibility index (Phi) is 3.40. The molecular weight excluding hydrogens is 248 g/mol. The zero-order valence-corrected chi connectivity index (χ0v) is 10.5. The molecule has 1 amide bonds. The lowest BCUT2D eigenvalue weighted by atomic mass is 10.2. The second kappa shape index (κ2) is 4.98. The van der Waals surface area contributed by atoms with E-state index < -0.39 is 16.7 Å². The van der Waals surface area contributed by atoms with E-state index in [0.717, 1.165) is 5.56 Å². The van der Waals surface area contributed by atoms with E-state index in [4.69, 9.17) is 5.26 Å². The van der Waals surface area contributed by atoms with Crippen molar-refractivity contribution < 1.29 is 9.00 Å². The van der Waals surface area contributed by atoms with Gasteiger partial charge in [0.15, 0.2) is 0 Å². The Labute approximate surface area is 107 Å². The molecule has 18 heavy (non-hydrogen) atoms. The van der Waals surface area contributed by atoms with Crippen LogP contribution in [-0.4, -0.2) is 10.1 Å². The first-order valence-corrected chi connectivity index (χ1v) is 6.47. The molecule has 1 heterocycles. The zero-order chi connectivity index (χ0) is 13.1. The van der Waals surface area contributed by atoms with Gasteiger partial charge in [-0.3, -0.25) is 4.79 Å². The number of rotatable bonds is 2. The minimum absolute atomic E-state index is 0.0507. The molecule has 1 N–H and O–H groups in total. The second-order valence-electron chi connectivity index (χ2n) is 3.62. The van der Waals surface area contributed by atoms with Gasteiger partial charge in [0, 0.05) is 11.1 Å². The quantitative estimate of drug-likeness (QED) is 0.653. The highest BCUT2D eigenvalue weighted by atomic mass is 32.2. The smallest absolute Gasteiger partial charge is 0.265 e. The molecule has 0 saturated carbocycles. The maximum atomic E-state index is 11.7. The van der Waals surface area contributed by atoms with E-state index in [1.807, 2.05) is 6.07 Å². The third-order valence-electron chi connectivity index (χ3n) is 2.51. The summed E-state index contributed by atoms with van der Waals surface area (Å²) in [6.45, 7) is 1.62. The number of fused-ring (bicyclic) bond motifs is 1. The van der Waals surface area contributed by atoms with Crippen LogP contribution in [0.2, 0.25) is 0 Å². The van der Waals surface area contributed by atoms with E-state index in [1.54, 1.807) is 36.6 Å². The number of carbonyl (C=O) groups excluding carboxylic acids is 1. The Balaban J connectivity index is 2.23. The Bertz CT molecular complexity index is 639. The van der Waals surface area contributed by atoms with Crippen LogP contribution >= 0.6 is 0 Å². The van der Waals surface area contributed by atoms with E-state index in [2.05, 4.69) is 5.32 Å². The highest BCUT2D eigenvalue weighted by molar-refractivity contribution is 7.88. The van der Waals surface area contributed by atoms with Crippen molar-refractivity contribution in [3.8, 4) is 6.07 Å². The largest absolute Gasteiger partial charge is 0.321 e. The summed E-state index contributed by atoms with van der Waals surface area (Å²) in [5.74, 6) is -0.461. The third kappa shape index (κ3) is 2.24. The van der Waals surface area contributed by atoms with Gasteiger partial charge in [0.2, 0.25) is 0 Å². The summed E-state index contributed by atoms with van der Waals surface area (Å²) in [5.41, 5.74) is 1.47. The fourth-order valence-electron chi connectivity index (χ4n) is 1.58. The van der Waals surface area contributed by atoms with Gasteiger partial charge in [-0.25, -0.2) is 4.21 Å². The van der Waals surface area contributed by atoms with Gasteiger partial charge in [0.05, 0.1) is 15.7 Å². The third-order valence-corrected chi connectivity index (χ3v) is 3.68. The van der Waals surface area contributed by atoms with Crippen LogP contribution < -0.4 is 5.32 Å². The van der Waals surface area contributed by atoms with Gasteiger partial charge in [-0.05, 0) is 30.7 Å². The SMILES string of the molecule is C/C=C(\C#N)C(=O)Nc1ccc2c(c1)S(=O)C=C2. The number of nitrogens with zero attached hydrogens (tertiary/aromatic N) is 1. The Morgan fingerprint density at radius 1 is 1.50 bits per heavy atom. The maximum Gasteiger partial charge on any atom is 0.265 e. The van der Waals surface area contributed by atoms with Crippen LogP contribution in [0.15, 0.2) is 40.2 Å². The minimum Gasteiger partial charge on any atom is -0.321 e. The number of nitrogens with one attached hydrogen (secondary N) is 1. The van der Waals surface area contributed by atoms with Crippen LogP contribution in [0, 0.1) is 11.3 Å². The average molecular weight is 258 g/mol. The monoisotopic (exact) mass is 258 g/mol. The lowest BCUT2D eigenvalue weighted by Gasteiger charge is -2.06. The first-order valence-electron chi connectivity index (χ1n) is 5.26. The lowest BCUT2D eigenvalue weighted by Crippen LogP contribution is -2.13. The number of nitriles is 1. The highest BCUT2D eigenvalue weighted by Crippen LogP contribution is 2.26. The molecule has 0 saturated heterocycles. The molecule has 90 valence electrons. The van der Waals surface area contributed by atoms with E-state index in [-0.39, 0.29) is 5.57 Å². The molecule has 0 spiro atoms. The number of hydrogen-bond donors (Lipinski definition) is 1. The van der Waals surface area contributed by atoms with Gasteiger partial charge in [-0.1, -0.05) is 12.1 Å². The van der Waals surface area contributed by atoms with Crippen LogP contribution in [0.5, 0.6) is 0 Å². The van der Waals surface area contributed by atoms with Crippen LogP contribution in [0.4, 0.5) is 5.69 Å². The molecule has 1 unspecified atom stereocenters. The predicted octanol–water partition coefficient (Wildman–Crippen LogP) is 2.19. The van der Waals surface area contributed by atoms with Crippen molar-refractivity contribution in [1.29, 1.82) is 5.26 Å². The summed E-state index contributed by atoms with van der Waals surface area (Å²) in [4.78, 5) is 12.3. The van der Waals surface area contributed by atoms with Crippen molar-refractivity contribution in [2.24, 2.45) is 0 Å². The van der Waals surface area contributed by atoms with Crippen LogP contribution in [-0.2, 0) is 15.6 Å². The first kappa shape index (κ1) is 12.3.